The summed E-state index contributed by atoms with van der Waals surface area (Å²) in [7, 11) is 0. The van der Waals surface area contributed by atoms with Gasteiger partial charge in [0.1, 0.15) is 0 Å². The van der Waals surface area contributed by atoms with Crippen LogP contribution in [-0.4, -0.2) is 10.5 Å². The van der Waals surface area contributed by atoms with Crippen molar-refractivity contribution in [1.29, 1.82) is 0 Å². The molecule has 2 aliphatic carbocycles. The molecule has 2 saturated carbocycles. The van der Waals surface area contributed by atoms with Crippen LogP contribution in [0.25, 0.3) is 0 Å². The fourth-order valence-corrected chi connectivity index (χ4v) is 5.34. The molecule has 1 heteroatoms. The Bertz CT molecular complexity index is 237. The van der Waals surface area contributed by atoms with E-state index in [0.717, 1.165) is 22.3 Å². The highest BCUT2D eigenvalue weighted by Crippen LogP contribution is 2.43. The topological polar surface area (TPSA) is 0 Å². The molecule has 0 saturated heterocycles. The van der Waals surface area contributed by atoms with E-state index in [1.165, 1.54) is 51.4 Å². The van der Waals surface area contributed by atoms with Crippen molar-refractivity contribution >= 4 is 11.8 Å². The van der Waals surface area contributed by atoms with Crippen molar-refractivity contribution in [3.8, 4) is 0 Å². The first-order chi connectivity index (χ1) is 8.45. The van der Waals surface area contributed by atoms with Gasteiger partial charge in [0.05, 0.1) is 0 Å². The molecule has 2 rings (SSSR count). The van der Waals surface area contributed by atoms with Crippen molar-refractivity contribution in [3.63, 3.8) is 0 Å². The molecule has 18 heavy (non-hydrogen) atoms. The third-order valence-electron chi connectivity index (χ3n) is 5.25. The third-order valence-corrected chi connectivity index (χ3v) is 6.96. The van der Waals surface area contributed by atoms with Gasteiger partial charge in [-0.25, -0.2) is 0 Å². The largest absolute Gasteiger partial charge is 0.155 e. The van der Waals surface area contributed by atoms with Crippen molar-refractivity contribution in [2.24, 2.45) is 17.3 Å². The fraction of sp³-hybridized carbons (Fsp3) is 1.00. The lowest BCUT2D eigenvalue weighted by atomic mass is 9.72. The first-order valence-electron chi connectivity index (χ1n) is 8.10. The molecule has 2 fully saturated rings. The molecule has 2 aliphatic rings. The zero-order valence-corrected chi connectivity index (χ0v) is 13.7. The van der Waals surface area contributed by atoms with E-state index in [-0.39, 0.29) is 0 Å². The SMILES string of the molecule is CC1CCC(SC2CCC(C(C)(C)C)CC2)CC1. The Morgan fingerprint density at radius 3 is 1.61 bits per heavy atom. The first-order valence-corrected chi connectivity index (χ1v) is 9.05. The first kappa shape index (κ1) is 14.8. The Kier molecular flexibility index (Phi) is 5.08. The minimum atomic E-state index is 0.538. The minimum absolute atomic E-state index is 0.538. The monoisotopic (exact) mass is 268 g/mol. The van der Waals surface area contributed by atoms with Gasteiger partial charge >= 0.3 is 0 Å². The van der Waals surface area contributed by atoms with Gasteiger partial charge in [-0.1, -0.05) is 27.7 Å². The minimum Gasteiger partial charge on any atom is -0.155 e. The predicted molar refractivity (Wildman–Crippen MR) is 84.2 cm³/mol. The number of hydrogen-bond acceptors (Lipinski definition) is 1. The molecular formula is C17H32S. The van der Waals surface area contributed by atoms with Crippen molar-refractivity contribution in [2.45, 2.75) is 89.6 Å². The summed E-state index contributed by atoms with van der Waals surface area (Å²) in [5, 5.41) is 1.99. The van der Waals surface area contributed by atoms with Gasteiger partial charge < -0.3 is 0 Å². The van der Waals surface area contributed by atoms with Crippen LogP contribution in [0.2, 0.25) is 0 Å². The van der Waals surface area contributed by atoms with Crippen LogP contribution in [0.5, 0.6) is 0 Å². The number of rotatable bonds is 2. The second-order valence-electron chi connectivity index (χ2n) is 7.86. The van der Waals surface area contributed by atoms with Crippen molar-refractivity contribution in [3.05, 3.63) is 0 Å². The highest BCUT2D eigenvalue weighted by Gasteiger charge is 2.31. The smallest absolute Gasteiger partial charge is 0.00500 e. The van der Waals surface area contributed by atoms with Crippen molar-refractivity contribution in [1.82, 2.24) is 0 Å². The quantitative estimate of drug-likeness (QED) is 0.600. The van der Waals surface area contributed by atoms with Crippen LogP contribution in [0.4, 0.5) is 0 Å². The Morgan fingerprint density at radius 1 is 0.722 bits per heavy atom. The molecule has 0 unspecified atom stereocenters. The molecule has 0 bridgehead atoms. The van der Waals surface area contributed by atoms with E-state index in [0.29, 0.717) is 5.41 Å². The summed E-state index contributed by atoms with van der Waals surface area (Å²) in [6.45, 7) is 9.70. The predicted octanol–water partition coefficient (Wildman–Crippen LogP) is 5.90. The fourth-order valence-electron chi connectivity index (χ4n) is 3.70. The van der Waals surface area contributed by atoms with Gasteiger partial charge in [-0.05, 0) is 68.6 Å². The van der Waals surface area contributed by atoms with Crippen LogP contribution in [0.3, 0.4) is 0 Å². The Labute approximate surface area is 119 Å². The maximum atomic E-state index is 2.43. The van der Waals surface area contributed by atoms with Crippen molar-refractivity contribution in [2.75, 3.05) is 0 Å². The molecule has 0 heterocycles. The second kappa shape index (κ2) is 6.20. The highest BCUT2D eigenvalue weighted by atomic mass is 32.2. The lowest BCUT2D eigenvalue weighted by Crippen LogP contribution is -2.28. The van der Waals surface area contributed by atoms with Gasteiger partial charge in [-0.3, -0.25) is 0 Å². The zero-order valence-electron chi connectivity index (χ0n) is 12.9. The summed E-state index contributed by atoms with van der Waals surface area (Å²) in [6.07, 6.45) is 11.9. The molecule has 0 amide bonds. The van der Waals surface area contributed by atoms with Crippen LogP contribution in [-0.2, 0) is 0 Å². The molecule has 106 valence electrons. The van der Waals surface area contributed by atoms with E-state index in [1.807, 2.05) is 0 Å². The third kappa shape index (κ3) is 4.18. The van der Waals surface area contributed by atoms with E-state index in [1.54, 1.807) is 0 Å². The average molecular weight is 269 g/mol. The Hall–Kier alpha value is 0.350. The van der Waals surface area contributed by atoms with E-state index in [9.17, 15) is 0 Å². The van der Waals surface area contributed by atoms with Gasteiger partial charge in [0.15, 0.2) is 0 Å². The number of thioether (sulfide) groups is 1. The van der Waals surface area contributed by atoms with Gasteiger partial charge in [0.25, 0.3) is 0 Å². The summed E-state index contributed by atoms with van der Waals surface area (Å²) in [5.74, 6) is 1.97. The molecule has 0 aliphatic heterocycles. The van der Waals surface area contributed by atoms with Crippen LogP contribution in [0.1, 0.15) is 79.1 Å². The second-order valence-corrected chi connectivity index (χ2v) is 9.46. The summed E-state index contributed by atoms with van der Waals surface area (Å²) in [5.41, 5.74) is 0.538. The van der Waals surface area contributed by atoms with Crippen LogP contribution in [0, 0.1) is 17.3 Å². The molecule has 0 aromatic carbocycles. The number of hydrogen-bond donors (Lipinski definition) is 0. The maximum Gasteiger partial charge on any atom is 0.00500 e. The molecule has 0 aromatic rings. The molecule has 0 atom stereocenters. The summed E-state index contributed by atoms with van der Waals surface area (Å²) in [4.78, 5) is 0. The Balaban J connectivity index is 1.70. The lowest BCUT2D eigenvalue weighted by Gasteiger charge is -2.38. The molecule has 0 aromatic heterocycles. The van der Waals surface area contributed by atoms with Gasteiger partial charge in [0.2, 0.25) is 0 Å². The lowest BCUT2D eigenvalue weighted by molar-refractivity contribution is 0.182. The molecular weight excluding hydrogens is 236 g/mol. The van der Waals surface area contributed by atoms with E-state index >= 15 is 0 Å². The van der Waals surface area contributed by atoms with E-state index < -0.39 is 0 Å². The zero-order chi connectivity index (χ0) is 13.2. The van der Waals surface area contributed by atoms with Crippen LogP contribution < -0.4 is 0 Å². The molecule has 0 nitrogen and oxygen atoms in total. The van der Waals surface area contributed by atoms with E-state index in [4.69, 9.17) is 0 Å². The highest BCUT2D eigenvalue weighted by molar-refractivity contribution is 8.00. The van der Waals surface area contributed by atoms with Crippen molar-refractivity contribution < 1.29 is 0 Å². The molecule has 0 N–H and O–H groups in total. The molecule has 0 radical (unpaired) electrons. The van der Waals surface area contributed by atoms with Gasteiger partial charge in [0, 0.05) is 10.5 Å². The summed E-state index contributed by atoms with van der Waals surface area (Å²) >= 11 is 2.36. The maximum absolute atomic E-state index is 2.43. The average Bonchev–Trinajstić information content (AvgIpc) is 2.32. The van der Waals surface area contributed by atoms with Crippen LogP contribution in [0.15, 0.2) is 0 Å². The van der Waals surface area contributed by atoms with Gasteiger partial charge in [-0.2, -0.15) is 11.8 Å². The summed E-state index contributed by atoms with van der Waals surface area (Å²) < 4.78 is 0. The van der Waals surface area contributed by atoms with Gasteiger partial charge in [-0.15, -0.1) is 0 Å². The van der Waals surface area contributed by atoms with Crippen LogP contribution >= 0.6 is 11.8 Å². The Morgan fingerprint density at radius 2 is 1.17 bits per heavy atom. The van der Waals surface area contributed by atoms with E-state index in [2.05, 4.69) is 39.5 Å². The standard InChI is InChI=1S/C17H32S/c1-13-5-9-15(10-6-13)18-16-11-7-14(8-12-16)17(2,3)4/h13-16H,5-12H2,1-4H3. The summed E-state index contributed by atoms with van der Waals surface area (Å²) in [6, 6.07) is 0. The molecule has 0 spiro atoms. The normalized spacial score (nSPS) is 38.7.